The molecule has 1 heterocycles. The number of nitrogens with zero attached hydrogens (tertiary/aromatic N) is 3. The standard InChI is InChI=1S/C15H7Cl2F4N3O/c16-10-6-8(25)2-3-9(10)13-14(17)24(23-22-13)12-4-1-7(5-11(12)18)15(19,20)21/h1-6,25H. The van der Waals surface area contributed by atoms with Crippen molar-refractivity contribution in [3.05, 3.63) is 58.0 Å². The summed E-state index contributed by atoms with van der Waals surface area (Å²) in [6.45, 7) is 0. The maximum Gasteiger partial charge on any atom is 0.416 e. The molecule has 0 unspecified atom stereocenters. The molecule has 0 atom stereocenters. The fourth-order valence-electron chi connectivity index (χ4n) is 2.14. The number of alkyl halides is 3. The second-order valence-corrected chi connectivity index (χ2v) is 5.73. The van der Waals surface area contributed by atoms with Crippen molar-refractivity contribution < 1.29 is 22.7 Å². The molecule has 0 aliphatic heterocycles. The highest BCUT2D eigenvalue weighted by molar-refractivity contribution is 6.35. The van der Waals surface area contributed by atoms with E-state index in [4.69, 9.17) is 23.2 Å². The first kappa shape index (κ1) is 17.5. The monoisotopic (exact) mass is 391 g/mol. The van der Waals surface area contributed by atoms with Gasteiger partial charge >= 0.3 is 6.18 Å². The van der Waals surface area contributed by atoms with Gasteiger partial charge in [0.05, 0.1) is 10.6 Å². The van der Waals surface area contributed by atoms with E-state index in [0.717, 1.165) is 10.7 Å². The zero-order valence-electron chi connectivity index (χ0n) is 12.0. The summed E-state index contributed by atoms with van der Waals surface area (Å²) in [5.41, 5.74) is -1.02. The fraction of sp³-hybridized carbons (Fsp3) is 0.0667. The highest BCUT2D eigenvalue weighted by atomic mass is 35.5. The lowest BCUT2D eigenvalue weighted by Crippen LogP contribution is -2.07. The van der Waals surface area contributed by atoms with Crippen LogP contribution in [0.2, 0.25) is 10.2 Å². The molecule has 0 saturated heterocycles. The number of phenols is 1. The van der Waals surface area contributed by atoms with E-state index >= 15 is 0 Å². The van der Waals surface area contributed by atoms with Crippen molar-refractivity contribution in [3.8, 4) is 22.7 Å². The summed E-state index contributed by atoms with van der Waals surface area (Å²) < 4.78 is 52.8. The van der Waals surface area contributed by atoms with Crippen molar-refractivity contribution in [2.45, 2.75) is 6.18 Å². The van der Waals surface area contributed by atoms with E-state index in [0.29, 0.717) is 17.7 Å². The molecule has 0 radical (unpaired) electrons. The highest BCUT2D eigenvalue weighted by Crippen LogP contribution is 2.35. The summed E-state index contributed by atoms with van der Waals surface area (Å²) in [5, 5.41) is 16.8. The van der Waals surface area contributed by atoms with Crippen LogP contribution < -0.4 is 0 Å². The zero-order valence-corrected chi connectivity index (χ0v) is 13.5. The number of hydrogen-bond acceptors (Lipinski definition) is 3. The molecule has 0 saturated carbocycles. The predicted molar refractivity (Wildman–Crippen MR) is 83.4 cm³/mol. The minimum absolute atomic E-state index is 0.0777. The van der Waals surface area contributed by atoms with Crippen LogP contribution in [0.5, 0.6) is 5.75 Å². The van der Waals surface area contributed by atoms with Crippen LogP contribution in [-0.4, -0.2) is 20.1 Å². The van der Waals surface area contributed by atoms with Crippen LogP contribution in [0.15, 0.2) is 36.4 Å². The van der Waals surface area contributed by atoms with Gasteiger partial charge in [-0.3, -0.25) is 0 Å². The Morgan fingerprint density at radius 3 is 2.36 bits per heavy atom. The molecule has 0 aliphatic carbocycles. The molecule has 3 aromatic rings. The van der Waals surface area contributed by atoms with Gasteiger partial charge in [0.15, 0.2) is 5.15 Å². The van der Waals surface area contributed by atoms with Gasteiger partial charge in [-0.25, -0.2) is 4.39 Å². The lowest BCUT2D eigenvalue weighted by atomic mass is 10.1. The van der Waals surface area contributed by atoms with Gasteiger partial charge in [-0.1, -0.05) is 28.4 Å². The van der Waals surface area contributed by atoms with E-state index in [-0.39, 0.29) is 27.3 Å². The van der Waals surface area contributed by atoms with E-state index in [2.05, 4.69) is 10.3 Å². The molecule has 0 bridgehead atoms. The second kappa shape index (κ2) is 6.20. The molecule has 0 spiro atoms. The van der Waals surface area contributed by atoms with Crippen LogP contribution in [0.1, 0.15) is 5.56 Å². The molecule has 2 aromatic carbocycles. The third-order valence-corrected chi connectivity index (χ3v) is 3.98. The Labute approximate surface area is 148 Å². The molecule has 0 amide bonds. The molecular formula is C15H7Cl2F4N3O. The Hall–Kier alpha value is -2.32. The molecule has 3 rings (SSSR count). The van der Waals surface area contributed by atoms with Gasteiger partial charge in [0.2, 0.25) is 0 Å². The minimum Gasteiger partial charge on any atom is -0.508 e. The Morgan fingerprint density at radius 2 is 1.76 bits per heavy atom. The van der Waals surface area contributed by atoms with E-state index in [9.17, 15) is 22.7 Å². The van der Waals surface area contributed by atoms with E-state index in [1.54, 1.807) is 0 Å². The molecule has 0 fully saturated rings. The number of aromatic hydroxyl groups is 1. The normalized spacial score (nSPS) is 11.8. The second-order valence-electron chi connectivity index (χ2n) is 4.97. The topological polar surface area (TPSA) is 50.9 Å². The smallest absolute Gasteiger partial charge is 0.416 e. The quantitative estimate of drug-likeness (QED) is 0.617. The zero-order chi connectivity index (χ0) is 18.4. The summed E-state index contributed by atoms with van der Waals surface area (Å²) in [6.07, 6.45) is -4.67. The van der Waals surface area contributed by atoms with E-state index < -0.39 is 17.6 Å². The van der Waals surface area contributed by atoms with Crippen molar-refractivity contribution in [3.63, 3.8) is 0 Å². The first-order valence-electron chi connectivity index (χ1n) is 6.65. The summed E-state index contributed by atoms with van der Waals surface area (Å²) in [7, 11) is 0. The van der Waals surface area contributed by atoms with E-state index in [1.165, 1.54) is 18.2 Å². The number of halogens is 6. The van der Waals surface area contributed by atoms with Crippen LogP contribution in [0.4, 0.5) is 17.6 Å². The third kappa shape index (κ3) is 3.27. The molecule has 25 heavy (non-hydrogen) atoms. The highest BCUT2D eigenvalue weighted by Gasteiger charge is 2.31. The first-order valence-corrected chi connectivity index (χ1v) is 7.41. The molecule has 10 heteroatoms. The van der Waals surface area contributed by atoms with E-state index in [1.807, 2.05) is 0 Å². The van der Waals surface area contributed by atoms with Crippen LogP contribution in [-0.2, 0) is 6.18 Å². The maximum atomic E-state index is 14.1. The average molecular weight is 392 g/mol. The molecule has 0 aliphatic rings. The average Bonchev–Trinajstić information content (AvgIpc) is 2.88. The predicted octanol–water partition coefficient (Wildman–Crippen LogP) is 5.10. The molecule has 1 N–H and O–H groups in total. The van der Waals surface area contributed by atoms with Crippen LogP contribution in [0.3, 0.4) is 0 Å². The van der Waals surface area contributed by atoms with Gasteiger partial charge in [0.25, 0.3) is 0 Å². The number of rotatable bonds is 2. The Bertz CT molecular complexity index is 956. The lowest BCUT2D eigenvalue weighted by molar-refractivity contribution is -0.137. The first-order chi connectivity index (χ1) is 11.7. The number of phenolic OH excluding ortho intramolecular Hbond substituents is 1. The molecule has 130 valence electrons. The van der Waals surface area contributed by atoms with Gasteiger partial charge in [0, 0.05) is 5.56 Å². The summed E-state index contributed by atoms with van der Waals surface area (Å²) in [6, 6.07) is 5.99. The molecule has 4 nitrogen and oxygen atoms in total. The molecular weight excluding hydrogens is 385 g/mol. The van der Waals surface area contributed by atoms with Crippen LogP contribution >= 0.6 is 23.2 Å². The number of hydrogen-bond donors (Lipinski definition) is 1. The number of aromatic nitrogens is 3. The summed E-state index contributed by atoms with van der Waals surface area (Å²) >= 11 is 12.1. The van der Waals surface area contributed by atoms with Crippen LogP contribution in [0.25, 0.3) is 16.9 Å². The van der Waals surface area contributed by atoms with Crippen molar-refractivity contribution in [2.75, 3.05) is 0 Å². The largest absolute Gasteiger partial charge is 0.508 e. The SMILES string of the molecule is Oc1ccc(-c2nnn(-c3ccc(C(F)(F)F)cc3F)c2Cl)c(Cl)c1. The Balaban J connectivity index is 2.07. The fourth-order valence-corrected chi connectivity index (χ4v) is 2.67. The third-order valence-electron chi connectivity index (χ3n) is 3.33. The van der Waals surface area contributed by atoms with Gasteiger partial charge in [0.1, 0.15) is 22.9 Å². The van der Waals surface area contributed by atoms with Crippen LogP contribution in [0, 0.1) is 5.82 Å². The lowest BCUT2D eigenvalue weighted by Gasteiger charge is -2.09. The van der Waals surface area contributed by atoms with Gasteiger partial charge in [-0.05, 0) is 36.4 Å². The summed E-state index contributed by atoms with van der Waals surface area (Å²) in [5.74, 6) is -1.24. The van der Waals surface area contributed by atoms with Crippen molar-refractivity contribution in [2.24, 2.45) is 0 Å². The maximum absolute atomic E-state index is 14.1. The Morgan fingerprint density at radius 1 is 1.04 bits per heavy atom. The minimum atomic E-state index is -4.67. The Kier molecular flexibility index (Phi) is 4.34. The van der Waals surface area contributed by atoms with Crippen molar-refractivity contribution >= 4 is 23.2 Å². The number of benzene rings is 2. The summed E-state index contributed by atoms with van der Waals surface area (Å²) in [4.78, 5) is 0. The van der Waals surface area contributed by atoms with Crippen molar-refractivity contribution in [1.29, 1.82) is 0 Å². The molecule has 1 aromatic heterocycles. The van der Waals surface area contributed by atoms with Gasteiger partial charge < -0.3 is 5.11 Å². The van der Waals surface area contributed by atoms with Gasteiger partial charge in [-0.15, -0.1) is 5.10 Å². The van der Waals surface area contributed by atoms with Gasteiger partial charge in [-0.2, -0.15) is 17.9 Å². The van der Waals surface area contributed by atoms with Crippen molar-refractivity contribution in [1.82, 2.24) is 15.0 Å².